The van der Waals surface area contributed by atoms with Crippen LogP contribution >= 0.6 is 15.9 Å². The fraction of sp³-hybridized carbons (Fsp3) is 0. The fourth-order valence-corrected chi connectivity index (χ4v) is 4.10. The van der Waals surface area contributed by atoms with Crippen LogP contribution in [0.3, 0.4) is 0 Å². The molecule has 7 nitrogen and oxygen atoms in total. The highest BCUT2D eigenvalue weighted by Gasteiger charge is 2.17. The van der Waals surface area contributed by atoms with Crippen molar-refractivity contribution in [2.45, 2.75) is 4.90 Å². The molecule has 1 aromatic heterocycles. The van der Waals surface area contributed by atoms with Gasteiger partial charge in [0.1, 0.15) is 0 Å². The van der Waals surface area contributed by atoms with Gasteiger partial charge in [-0.05, 0) is 54.6 Å². The first-order valence-electron chi connectivity index (χ1n) is 8.55. The zero-order valence-corrected chi connectivity index (χ0v) is 17.3. The molecule has 0 radical (unpaired) electrons. The van der Waals surface area contributed by atoms with E-state index in [1.165, 1.54) is 24.3 Å². The van der Waals surface area contributed by atoms with Crippen LogP contribution in [0.5, 0.6) is 0 Å². The molecular weight excluding hydrogens is 456 g/mol. The maximum absolute atomic E-state index is 12.7. The standard InChI is InChI=1S/C20H15BrN4O3S/c21-14-8-10-15(11-9-14)25-29(27,28)16-5-3-4-13(12-16)19(26)24-20-22-17-6-1-2-7-18(17)23-20/h1-12,25H,(H2,22,23,24,26). The topological polar surface area (TPSA) is 104 Å². The molecule has 4 rings (SSSR count). The summed E-state index contributed by atoms with van der Waals surface area (Å²) in [6, 6.07) is 19.9. The largest absolute Gasteiger partial charge is 0.324 e. The van der Waals surface area contributed by atoms with Crippen LogP contribution in [0.25, 0.3) is 11.0 Å². The number of aromatic nitrogens is 2. The molecule has 0 aliphatic carbocycles. The van der Waals surface area contributed by atoms with Crippen LogP contribution in [0.2, 0.25) is 0 Å². The van der Waals surface area contributed by atoms with Crippen molar-refractivity contribution in [2.24, 2.45) is 0 Å². The summed E-state index contributed by atoms with van der Waals surface area (Å²) in [6.45, 7) is 0. The summed E-state index contributed by atoms with van der Waals surface area (Å²) >= 11 is 3.30. The van der Waals surface area contributed by atoms with Crippen molar-refractivity contribution in [2.75, 3.05) is 10.0 Å². The number of rotatable bonds is 5. The number of hydrogen-bond acceptors (Lipinski definition) is 4. The van der Waals surface area contributed by atoms with Gasteiger partial charge in [0.2, 0.25) is 5.95 Å². The number of para-hydroxylation sites is 2. The highest BCUT2D eigenvalue weighted by molar-refractivity contribution is 9.10. The van der Waals surface area contributed by atoms with Gasteiger partial charge in [0, 0.05) is 15.7 Å². The quantitative estimate of drug-likeness (QED) is 0.402. The van der Waals surface area contributed by atoms with E-state index in [9.17, 15) is 13.2 Å². The van der Waals surface area contributed by atoms with E-state index in [1.807, 2.05) is 24.3 Å². The van der Waals surface area contributed by atoms with Crippen LogP contribution in [-0.4, -0.2) is 24.3 Å². The summed E-state index contributed by atoms with van der Waals surface area (Å²) < 4.78 is 28.7. The molecule has 9 heteroatoms. The third-order valence-corrected chi connectivity index (χ3v) is 6.03. The van der Waals surface area contributed by atoms with Crippen LogP contribution in [0, 0.1) is 0 Å². The van der Waals surface area contributed by atoms with Crippen LogP contribution in [-0.2, 0) is 10.0 Å². The monoisotopic (exact) mass is 470 g/mol. The lowest BCUT2D eigenvalue weighted by molar-refractivity contribution is 0.102. The predicted octanol–water partition coefficient (Wildman–Crippen LogP) is 4.38. The molecule has 0 unspecified atom stereocenters. The van der Waals surface area contributed by atoms with E-state index < -0.39 is 15.9 Å². The Hall–Kier alpha value is -3.17. The molecule has 29 heavy (non-hydrogen) atoms. The number of H-pyrrole nitrogens is 1. The lowest BCUT2D eigenvalue weighted by atomic mass is 10.2. The number of sulfonamides is 1. The Balaban J connectivity index is 1.55. The van der Waals surface area contributed by atoms with Crippen molar-refractivity contribution >= 4 is 54.5 Å². The highest BCUT2D eigenvalue weighted by atomic mass is 79.9. The fourth-order valence-electron chi connectivity index (χ4n) is 2.73. The molecule has 0 spiro atoms. The van der Waals surface area contributed by atoms with Crippen molar-refractivity contribution in [3.8, 4) is 0 Å². The summed E-state index contributed by atoms with van der Waals surface area (Å²) in [5.41, 5.74) is 2.13. The van der Waals surface area contributed by atoms with E-state index in [2.05, 4.69) is 35.9 Å². The van der Waals surface area contributed by atoms with Gasteiger partial charge in [-0.25, -0.2) is 13.4 Å². The molecule has 0 bridgehead atoms. The van der Waals surface area contributed by atoms with Crippen LogP contribution in [0.1, 0.15) is 10.4 Å². The molecule has 4 aromatic rings. The number of anilines is 2. The highest BCUT2D eigenvalue weighted by Crippen LogP contribution is 2.20. The van der Waals surface area contributed by atoms with E-state index in [1.54, 1.807) is 24.3 Å². The number of carbonyl (C=O) groups is 1. The van der Waals surface area contributed by atoms with E-state index in [-0.39, 0.29) is 16.4 Å². The molecule has 0 saturated carbocycles. The van der Waals surface area contributed by atoms with E-state index in [0.717, 1.165) is 15.5 Å². The van der Waals surface area contributed by atoms with Gasteiger partial charge in [0.05, 0.1) is 15.9 Å². The van der Waals surface area contributed by atoms with Gasteiger partial charge in [-0.3, -0.25) is 14.8 Å². The first-order valence-corrected chi connectivity index (χ1v) is 10.8. The Morgan fingerprint density at radius 2 is 1.72 bits per heavy atom. The number of fused-ring (bicyclic) bond motifs is 1. The zero-order chi connectivity index (χ0) is 20.4. The molecular formula is C20H15BrN4O3S. The number of nitrogens with one attached hydrogen (secondary N) is 3. The Labute approximate surface area is 175 Å². The number of nitrogens with zero attached hydrogens (tertiary/aromatic N) is 1. The van der Waals surface area contributed by atoms with E-state index >= 15 is 0 Å². The number of amides is 1. The number of halogens is 1. The van der Waals surface area contributed by atoms with Crippen LogP contribution < -0.4 is 10.0 Å². The summed E-state index contributed by atoms with van der Waals surface area (Å²) in [4.78, 5) is 19.8. The molecule has 0 aliphatic heterocycles. The van der Waals surface area contributed by atoms with Gasteiger partial charge in [-0.1, -0.05) is 34.1 Å². The van der Waals surface area contributed by atoms with Crippen molar-refractivity contribution in [1.29, 1.82) is 0 Å². The first-order chi connectivity index (χ1) is 13.9. The maximum atomic E-state index is 12.7. The average Bonchev–Trinajstić information content (AvgIpc) is 3.12. The van der Waals surface area contributed by atoms with Crippen molar-refractivity contribution < 1.29 is 13.2 Å². The number of benzene rings is 3. The summed E-state index contributed by atoms with van der Waals surface area (Å²) in [6.07, 6.45) is 0. The second-order valence-corrected chi connectivity index (χ2v) is 8.79. The number of imidazole rings is 1. The second kappa shape index (κ2) is 7.69. The van der Waals surface area contributed by atoms with Gasteiger partial charge in [0.15, 0.2) is 0 Å². The van der Waals surface area contributed by atoms with Gasteiger partial charge in [-0.15, -0.1) is 0 Å². The summed E-state index contributed by atoms with van der Waals surface area (Å²) in [7, 11) is -3.84. The van der Waals surface area contributed by atoms with Crippen molar-refractivity contribution in [3.05, 3.63) is 82.8 Å². The average molecular weight is 471 g/mol. The number of aromatic amines is 1. The third kappa shape index (κ3) is 4.30. The molecule has 0 aliphatic rings. The van der Waals surface area contributed by atoms with Crippen molar-refractivity contribution in [1.82, 2.24) is 9.97 Å². The predicted molar refractivity (Wildman–Crippen MR) is 115 cm³/mol. The Morgan fingerprint density at radius 1 is 0.966 bits per heavy atom. The van der Waals surface area contributed by atoms with E-state index in [4.69, 9.17) is 0 Å². The van der Waals surface area contributed by atoms with Gasteiger partial charge in [0.25, 0.3) is 15.9 Å². The minimum atomic E-state index is -3.84. The zero-order valence-electron chi connectivity index (χ0n) is 14.9. The Bertz CT molecular complexity index is 1270. The molecule has 3 N–H and O–H groups in total. The molecule has 0 saturated heterocycles. The Morgan fingerprint density at radius 3 is 2.48 bits per heavy atom. The normalized spacial score (nSPS) is 11.3. The third-order valence-electron chi connectivity index (χ3n) is 4.12. The number of hydrogen-bond donors (Lipinski definition) is 3. The van der Waals surface area contributed by atoms with Crippen molar-refractivity contribution in [3.63, 3.8) is 0 Å². The molecule has 1 heterocycles. The minimum absolute atomic E-state index is 0.0160. The molecule has 3 aromatic carbocycles. The van der Waals surface area contributed by atoms with Gasteiger partial charge >= 0.3 is 0 Å². The maximum Gasteiger partial charge on any atom is 0.261 e. The van der Waals surface area contributed by atoms with Crippen LogP contribution in [0.15, 0.2) is 82.2 Å². The molecule has 0 fully saturated rings. The van der Waals surface area contributed by atoms with E-state index in [0.29, 0.717) is 5.69 Å². The first kappa shape index (κ1) is 19.2. The van der Waals surface area contributed by atoms with Crippen LogP contribution in [0.4, 0.5) is 11.6 Å². The number of carbonyl (C=O) groups excluding carboxylic acids is 1. The second-order valence-electron chi connectivity index (χ2n) is 6.20. The molecule has 146 valence electrons. The minimum Gasteiger partial charge on any atom is -0.324 e. The SMILES string of the molecule is O=C(Nc1nc2ccccc2[nH]1)c1cccc(S(=O)(=O)Nc2ccc(Br)cc2)c1. The van der Waals surface area contributed by atoms with Gasteiger partial charge in [-0.2, -0.15) is 0 Å². The summed E-state index contributed by atoms with van der Waals surface area (Å²) in [5, 5.41) is 2.66. The molecule has 0 atom stereocenters. The Kier molecular flexibility index (Phi) is 5.08. The lowest BCUT2D eigenvalue weighted by Crippen LogP contribution is -2.16. The van der Waals surface area contributed by atoms with Gasteiger partial charge < -0.3 is 4.98 Å². The smallest absolute Gasteiger partial charge is 0.261 e. The lowest BCUT2D eigenvalue weighted by Gasteiger charge is -2.09. The molecule has 1 amide bonds. The summed E-state index contributed by atoms with van der Waals surface area (Å²) in [5.74, 6) is -0.179.